The molecule has 0 radical (unpaired) electrons. The molecule has 0 heterocycles. The zero-order chi connectivity index (χ0) is 16.2. The Morgan fingerprint density at radius 2 is 2.09 bits per heavy atom. The molecule has 0 saturated heterocycles. The molecule has 0 saturated carbocycles. The van der Waals surface area contributed by atoms with E-state index in [1.165, 1.54) is 23.3 Å². The Kier molecular flexibility index (Phi) is 4.82. The molecule has 2 aromatic rings. The summed E-state index contributed by atoms with van der Waals surface area (Å²) in [4.78, 5) is 12.2. The number of benzene rings is 2. The molecule has 120 valence electrons. The summed E-state index contributed by atoms with van der Waals surface area (Å²) in [6.45, 7) is 0.0250. The number of fused-ring (bicyclic) bond motifs is 1. The Balaban J connectivity index is 1.60. The molecule has 5 heteroatoms. The van der Waals surface area contributed by atoms with Crippen molar-refractivity contribution in [2.45, 2.75) is 25.3 Å². The molecular weight excluding hydrogens is 315 g/mol. The lowest BCUT2D eigenvalue weighted by molar-refractivity contribution is -0.120. The van der Waals surface area contributed by atoms with Gasteiger partial charge < -0.3 is 10.6 Å². The van der Waals surface area contributed by atoms with E-state index in [1.54, 1.807) is 6.07 Å². The van der Waals surface area contributed by atoms with Crippen LogP contribution in [0.5, 0.6) is 0 Å². The molecule has 0 bridgehead atoms. The number of carbonyl (C=O) groups is 1. The van der Waals surface area contributed by atoms with Gasteiger partial charge in [0.05, 0.1) is 18.3 Å². The smallest absolute Gasteiger partial charge is 0.239 e. The highest BCUT2D eigenvalue weighted by molar-refractivity contribution is 6.30. The quantitative estimate of drug-likeness (QED) is 0.885. The lowest BCUT2D eigenvalue weighted by Crippen LogP contribution is -2.35. The summed E-state index contributed by atoms with van der Waals surface area (Å²) in [5.74, 6) is -0.616. The predicted molar refractivity (Wildman–Crippen MR) is 90.2 cm³/mol. The number of aryl methyl sites for hydroxylation is 1. The first-order valence-corrected chi connectivity index (χ1v) is 8.07. The molecule has 3 nitrogen and oxygen atoms in total. The van der Waals surface area contributed by atoms with Crippen molar-refractivity contribution in [3.8, 4) is 0 Å². The fraction of sp³-hybridized carbons (Fsp3) is 0.278. The van der Waals surface area contributed by atoms with Gasteiger partial charge in [-0.2, -0.15) is 0 Å². The van der Waals surface area contributed by atoms with Crippen LogP contribution in [0.2, 0.25) is 5.02 Å². The van der Waals surface area contributed by atoms with E-state index in [-0.39, 0.29) is 24.2 Å². The molecule has 0 aromatic heterocycles. The molecule has 1 aliphatic carbocycles. The van der Waals surface area contributed by atoms with Gasteiger partial charge in [-0.25, -0.2) is 4.39 Å². The van der Waals surface area contributed by atoms with E-state index in [2.05, 4.69) is 22.8 Å². The second-order valence-corrected chi connectivity index (χ2v) is 6.13. The van der Waals surface area contributed by atoms with Gasteiger partial charge in [0.2, 0.25) is 5.91 Å². The maximum absolute atomic E-state index is 13.7. The first kappa shape index (κ1) is 15.8. The summed E-state index contributed by atoms with van der Waals surface area (Å²) < 4.78 is 13.7. The molecule has 0 aliphatic heterocycles. The molecule has 3 rings (SSSR count). The number of hydrogen-bond donors (Lipinski definition) is 2. The van der Waals surface area contributed by atoms with Gasteiger partial charge in [0.25, 0.3) is 0 Å². The van der Waals surface area contributed by atoms with Gasteiger partial charge in [-0.05, 0) is 48.6 Å². The van der Waals surface area contributed by atoms with Crippen LogP contribution < -0.4 is 10.6 Å². The standard InChI is InChI=1S/C18H18ClFN2O/c19-13-8-9-17(15(20)10-13)21-11-18(23)22-16-7-3-5-12-4-1-2-6-14(12)16/h1-2,4,6,8-10,16,21H,3,5,7,11H2,(H,22,23)/t16-/m1/s1. The lowest BCUT2D eigenvalue weighted by atomic mass is 9.88. The third kappa shape index (κ3) is 3.82. The number of nitrogens with one attached hydrogen (secondary N) is 2. The van der Waals surface area contributed by atoms with E-state index >= 15 is 0 Å². The number of halogens is 2. The number of anilines is 1. The van der Waals surface area contributed by atoms with Crippen molar-refractivity contribution < 1.29 is 9.18 Å². The largest absolute Gasteiger partial charge is 0.374 e. The SMILES string of the molecule is O=C(CNc1ccc(Cl)cc1F)N[C@@H]1CCCc2ccccc21. The van der Waals surface area contributed by atoms with Crippen LogP contribution in [-0.4, -0.2) is 12.5 Å². The van der Waals surface area contributed by atoms with Crippen LogP contribution in [0.3, 0.4) is 0 Å². The molecule has 0 fully saturated rings. The second kappa shape index (κ2) is 7.01. The third-order valence-corrected chi connectivity index (χ3v) is 4.31. The first-order chi connectivity index (χ1) is 11.1. The average Bonchev–Trinajstić information content (AvgIpc) is 2.54. The van der Waals surface area contributed by atoms with Gasteiger partial charge in [0.15, 0.2) is 0 Å². The number of amides is 1. The Bertz CT molecular complexity index is 720. The van der Waals surface area contributed by atoms with Crippen molar-refractivity contribution in [2.75, 3.05) is 11.9 Å². The van der Waals surface area contributed by atoms with Crippen LogP contribution in [0.1, 0.15) is 30.0 Å². The van der Waals surface area contributed by atoms with Crippen LogP contribution >= 0.6 is 11.6 Å². The van der Waals surface area contributed by atoms with E-state index in [1.807, 2.05) is 12.1 Å². The van der Waals surface area contributed by atoms with Crippen molar-refractivity contribution in [1.29, 1.82) is 0 Å². The van der Waals surface area contributed by atoms with Gasteiger partial charge in [-0.15, -0.1) is 0 Å². The van der Waals surface area contributed by atoms with Gasteiger partial charge in [-0.3, -0.25) is 4.79 Å². The topological polar surface area (TPSA) is 41.1 Å². The fourth-order valence-corrected chi connectivity index (χ4v) is 3.12. The number of hydrogen-bond acceptors (Lipinski definition) is 2. The second-order valence-electron chi connectivity index (χ2n) is 5.69. The summed E-state index contributed by atoms with van der Waals surface area (Å²) in [5, 5.41) is 6.16. The molecule has 2 N–H and O–H groups in total. The zero-order valence-corrected chi connectivity index (χ0v) is 13.4. The van der Waals surface area contributed by atoms with Crippen LogP contribution in [0.25, 0.3) is 0 Å². The number of rotatable bonds is 4. The summed E-state index contributed by atoms with van der Waals surface area (Å²) >= 11 is 5.71. The molecule has 1 atom stereocenters. The predicted octanol–water partition coefficient (Wildman–Crippen LogP) is 4.08. The van der Waals surface area contributed by atoms with Crippen molar-refractivity contribution in [1.82, 2.24) is 5.32 Å². The Morgan fingerprint density at radius 3 is 2.91 bits per heavy atom. The highest BCUT2D eigenvalue weighted by atomic mass is 35.5. The van der Waals surface area contributed by atoms with Crippen molar-refractivity contribution in [2.24, 2.45) is 0 Å². The van der Waals surface area contributed by atoms with E-state index < -0.39 is 5.82 Å². The van der Waals surface area contributed by atoms with Gasteiger partial charge in [-0.1, -0.05) is 35.9 Å². The zero-order valence-electron chi connectivity index (χ0n) is 12.6. The minimum absolute atomic E-state index is 0.0250. The maximum atomic E-state index is 13.7. The molecule has 1 amide bonds. The molecule has 1 aliphatic rings. The third-order valence-electron chi connectivity index (χ3n) is 4.08. The van der Waals surface area contributed by atoms with Gasteiger partial charge >= 0.3 is 0 Å². The summed E-state index contributed by atoms with van der Waals surface area (Å²) in [7, 11) is 0. The Hall–Kier alpha value is -2.07. The molecule has 0 spiro atoms. The maximum Gasteiger partial charge on any atom is 0.239 e. The van der Waals surface area contributed by atoms with E-state index in [0.29, 0.717) is 5.02 Å². The highest BCUT2D eigenvalue weighted by Crippen LogP contribution is 2.29. The highest BCUT2D eigenvalue weighted by Gasteiger charge is 2.21. The first-order valence-electron chi connectivity index (χ1n) is 7.69. The van der Waals surface area contributed by atoms with Crippen LogP contribution in [0.15, 0.2) is 42.5 Å². The normalized spacial score (nSPS) is 16.5. The fourth-order valence-electron chi connectivity index (χ4n) is 2.96. The van der Waals surface area contributed by atoms with Crippen molar-refractivity contribution in [3.63, 3.8) is 0 Å². The minimum Gasteiger partial charge on any atom is -0.374 e. The van der Waals surface area contributed by atoms with E-state index in [4.69, 9.17) is 11.6 Å². The van der Waals surface area contributed by atoms with E-state index in [0.717, 1.165) is 19.3 Å². The average molecular weight is 333 g/mol. The summed E-state index contributed by atoms with van der Waals surface area (Å²) in [6.07, 6.45) is 3.04. The minimum atomic E-state index is -0.465. The van der Waals surface area contributed by atoms with E-state index in [9.17, 15) is 9.18 Å². The molecule has 0 unspecified atom stereocenters. The Labute approximate surface area is 139 Å². The molecule has 23 heavy (non-hydrogen) atoms. The van der Waals surface area contributed by atoms with Crippen molar-refractivity contribution >= 4 is 23.2 Å². The molecule has 2 aromatic carbocycles. The van der Waals surface area contributed by atoms with Gasteiger partial charge in [0.1, 0.15) is 5.82 Å². The van der Waals surface area contributed by atoms with Crippen LogP contribution in [0.4, 0.5) is 10.1 Å². The lowest BCUT2D eigenvalue weighted by Gasteiger charge is -2.26. The van der Waals surface area contributed by atoms with Crippen LogP contribution in [-0.2, 0) is 11.2 Å². The van der Waals surface area contributed by atoms with Gasteiger partial charge in [0, 0.05) is 5.02 Å². The summed E-state index contributed by atoms with van der Waals surface area (Å²) in [5.41, 5.74) is 2.75. The monoisotopic (exact) mass is 332 g/mol. The Morgan fingerprint density at radius 1 is 1.26 bits per heavy atom. The number of carbonyl (C=O) groups excluding carboxylic acids is 1. The summed E-state index contributed by atoms with van der Waals surface area (Å²) in [6, 6.07) is 12.5. The van der Waals surface area contributed by atoms with Crippen molar-refractivity contribution in [3.05, 3.63) is 64.4 Å². The molecular formula is C18H18ClFN2O. The van der Waals surface area contributed by atoms with Crippen LogP contribution in [0, 0.1) is 5.82 Å².